The van der Waals surface area contributed by atoms with Crippen molar-refractivity contribution < 1.29 is 14.7 Å². The highest BCUT2D eigenvalue weighted by Gasteiger charge is 2.20. The molecular weight excluding hydrogens is 270 g/mol. The van der Waals surface area contributed by atoms with Crippen molar-refractivity contribution in [2.45, 2.75) is 6.04 Å². The molecule has 0 aliphatic rings. The molecule has 0 bridgehead atoms. The number of nitrogens with zero attached hydrogens (tertiary/aromatic N) is 2. The zero-order valence-electron chi connectivity index (χ0n) is 11.4. The number of aliphatic carboxylic acids is 1. The molecule has 6 nitrogen and oxygen atoms in total. The van der Waals surface area contributed by atoms with E-state index in [1.165, 1.54) is 6.08 Å². The second-order valence-corrected chi connectivity index (χ2v) is 4.40. The summed E-state index contributed by atoms with van der Waals surface area (Å²) >= 11 is 0. The lowest BCUT2D eigenvalue weighted by atomic mass is 10.1. The Kier molecular flexibility index (Phi) is 4.50. The maximum atomic E-state index is 11.8. The van der Waals surface area contributed by atoms with Gasteiger partial charge in [0.25, 0.3) is 0 Å². The molecule has 1 atom stereocenters. The fourth-order valence-electron chi connectivity index (χ4n) is 1.83. The number of carbonyl (C=O) groups is 2. The molecule has 1 aromatic heterocycles. The molecule has 1 amide bonds. The van der Waals surface area contributed by atoms with E-state index in [-0.39, 0.29) is 0 Å². The van der Waals surface area contributed by atoms with Crippen LogP contribution in [-0.4, -0.2) is 26.8 Å². The highest BCUT2D eigenvalue weighted by molar-refractivity contribution is 5.94. The topological polar surface area (TPSA) is 84.2 Å². The third kappa shape index (κ3) is 3.79. The van der Waals surface area contributed by atoms with E-state index in [9.17, 15) is 14.7 Å². The summed E-state index contributed by atoms with van der Waals surface area (Å²) in [6, 6.07) is 9.22. The first-order valence-corrected chi connectivity index (χ1v) is 6.32. The summed E-state index contributed by atoms with van der Waals surface area (Å²) in [5.41, 5.74) is 1.27. The first-order valence-electron chi connectivity index (χ1n) is 6.32. The van der Waals surface area contributed by atoms with Crippen LogP contribution in [0.2, 0.25) is 0 Å². The molecule has 1 heterocycles. The second kappa shape index (κ2) is 6.51. The summed E-state index contributed by atoms with van der Waals surface area (Å²) in [6.07, 6.45) is 4.48. The van der Waals surface area contributed by atoms with Crippen LogP contribution in [0.4, 0.5) is 0 Å². The third-order valence-corrected chi connectivity index (χ3v) is 2.93. The van der Waals surface area contributed by atoms with Crippen LogP contribution in [-0.2, 0) is 16.6 Å². The van der Waals surface area contributed by atoms with Crippen molar-refractivity contribution in [1.82, 2.24) is 15.1 Å². The van der Waals surface area contributed by atoms with Gasteiger partial charge in [0.05, 0.1) is 5.69 Å². The Bertz CT molecular complexity index is 662. The average molecular weight is 285 g/mol. The van der Waals surface area contributed by atoms with E-state index in [0.29, 0.717) is 5.56 Å². The van der Waals surface area contributed by atoms with E-state index >= 15 is 0 Å². The molecule has 6 heteroatoms. The van der Waals surface area contributed by atoms with Crippen LogP contribution in [0, 0.1) is 0 Å². The number of hydrogen-bond acceptors (Lipinski definition) is 3. The Morgan fingerprint density at radius 1 is 1.29 bits per heavy atom. The molecule has 2 rings (SSSR count). The minimum atomic E-state index is -1.11. The molecule has 1 aromatic carbocycles. The zero-order chi connectivity index (χ0) is 15.2. The van der Waals surface area contributed by atoms with E-state index < -0.39 is 17.9 Å². The Balaban J connectivity index is 2.08. The lowest BCUT2D eigenvalue weighted by molar-refractivity contribution is -0.141. The van der Waals surface area contributed by atoms with Crippen molar-refractivity contribution in [1.29, 1.82) is 0 Å². The summed E-state index contributed by atoms with van der Waals surface area (Å²) < 4.78 is 1.61. The van der Waals surface area contributed by atoms with Crippen molar-refractivity contribution in [3.05, 3.63) is 59.9 Å². The van der Waals surface area contributed by atoms with Gasteiger partial charge in [0, 0.05) is 19.3 Å². The first-order chi connectivity index (χ1) is 10.1. The zero-order valence-corrected chi connectivity index (χ0v) is 11.4. The molecule has 2 N–H and O–H groups in total. The minimum Gasteiger partial charge on any atom is -0.479 e. The SMILES string of the molecule is Cn1nccc1/C=C/C(=O)NC(C(=O)O)c1ccccc1. The van der Waals surface area contributed by atoms with Gasteiger partial charge in [0.15, 0.2) is 6.04 Å². The molecule has 0 saturated heterocycles. The molecule has 108 valence electrons. The predicted octanol–water partition coefficient (Wildman–Crippen LogP) is 1.38. The van der Waals surface area contributed by atoms with Crippen LogP contribution in [0.3, 0.4) is 0 Å². The Morgan fingerprint density at radius 2 is 2.00 bits per heavy atom. The molecule has 21 heavy (non-hydrogen) atoms. The van der Waals surface area contributed by atoms with Crippen LogP contribution in [0.25, 0.3) is 6.08 Å². The molecule has 0 aliphatic carbocycles. The van der Waals surface area contributed by atoms with E-state index in [4.69, 9.17) is 0 Å². The summed E-state index contributed by atoms with van der Waals surface area (Å²) in [6.45, 7) is 0. The van der Waals surface area contributed by atoms with Gasteiger partial charge in [0.1, 0.15) is 0 Å². The Morgan fingerprint density at radius 3 is 2.57 bits per heavy atom. The fourth-order valence-corrected chi connectivity index (χ4v) is 1.83. The van der Waals surface area contributed by atoms with Crippen LogP contribution in [0.5, 0.6) is 0 Å². The number of carbonyl (C=O) groups excluding carboxylic acids is 1. The lowest BCUT2D eigenvalue weighted by Crippen LogP contribution is -2.32. The number of rotatable bonds is 5. The van der Waals surface area contributed by atoms with Crippen LogP contribution in [0.1, 0.15) is 17.3 Å². The van der Waals surface area contributed by atoms with Gasteiger partial charge in [-0.1, -0.05) is 30.3 Å². The highest BCUT2D eigenvalue weighted by Crippen LogP contribution is 2.12. The number of aromatic nitrogens is 2. The van der Waals surface area contributed by atoms with Gasteiger partial charge in [-0.25, -0.2) is 4.79 Å². The van der Waals surface area contributed by atoms with Crippen LogP contribution < -0.4 is 5.32 Å². The first kappa shape index (κ1) is 14.5. The van der Waals surface area contributed by atoms with Gasteiger partial charge in [-0.15, -0.1) is 0 Å². The summed E-state index contributed by atoms with van der Waals surface area (Å²) in [7, 11) is 1.75. The van der Waals surface area contributed by atoms with Gasteiger partial charge >= 0.3 is 5.97 Å². The van der Waals surface area contributed by atoms with Crippen LogP contribution >= 0.6 is 0 Å². The monoisotopic (exact) mass is 285 g/mol. The van der Waals surface area contributed by atoms with E-state index in [1.807, 2.05) is 0 Å². The molecule has 0 aliphatic heterocycles. The van der Waals surface area contributed by atoms with Gasteiger partial charge in [0.2, 0.25) is 5.91 Å². The lowest BCUT2D eigenvalue weighted by Gasteiger charge is -2.13. The number of nitrogens with one attached hydrogen (secondary N) is 1. The second-order valence-electron chi connectivity index (χ2n) is 4.40. The molecule has 0 spiro atoms. The molecule has 1 unspecified atom stereocenters. The predicted molar refractivity (Wildman–Crippen MR) is 77.2 cm³/mol. The molecular formula is C15H15N3O3. The number of amides is 1. The number of benzene rings is 1. The number of carboxylic acid groups (broad SMARTS) is 1. The summed E-state index contributed by atoms with van der Waals surface area (Å²) in [5.74, 6) is -1.59. The smallest absolute Gasteiger partial charge is 0.330 e. The van der Waals surface area contributed by atoms with Gasteiger partial charge in [-0.05, 0) is 17.7 Å². The van der Waals surface area contributed by atoms with Crippen molar-refractivity contribution in [3.63, 3.8) is 0 Å². The molecule has 2 aromatic rings. The third-order valence-electron chi connectivity index (χ3n) is 2.93. The molecule has 0 saturated carbocycles. The Hall–Kier alpha value is -2.89. The van der Waals surface area contributed by atoms with Gasteiger partial charge in [-0.2, -0.15) is 5.10 Å². The quantitative estimate of drug-likeness (QED) is 0.813. The minimum absolute atomic E-state index is 0.479. The van der Waals surface area contributed by atoms with Crippen LogP contribution in [0.15, 0.2) is 48.7 Å². The normalized spacial score (nSPS) is 12.2. The fraction of sp³-hybridized carbons (Fsp3) is 0.133. The number of hydrogen-bond donors (Lipinski definition) is 2. The van der Waals surface area contributed by atoms with Crippen molar-refractivity contribution in [3.8, 4) is 0 Å². The standard InChI is InChI=1S/C15H15N3O3/c1-18-12(9-10-16-18)7-8-13(19)17-14(15(20)21)11-5-3-2-4-6-11/h2-10,14H,1H3,(H,17,19)(H,20,21)/b8-7+. The number of aryl methyl sites for hydroxylation is 1. The average Bonchev–Trinajstić information content (AvgIpc) is 2.88. The largest absolute Gasteiger partial charge is 0.479 e. The maximum Gasteiger partial charge on any atom is 0.330 e. The van der Waals surface area contributed by atoms with E-state index in [1.54, 1.807) is 60.4 Å². The van der Waals surface area contributed by atoms with E-state index in [2.05, 4.69) is 10.4 Å². The summed E-state index contributed by atoms with van der Waals surface area (Å²) in [4.78, 5) is 23.1. The van der Waals surface area contributed by atoms with Crippen molar-refractivity contribution in [2.24, 2.45) is 7.05 Å². The molecule has 0 fully saturated rings. The highest BCUT2D eigenvalue weighted by atomic mass is 16.4. The maximum absolute atomic E-state index is 11.8. The molecule has 0 radical (unpaired) electrons. The van der Waals surface area contributed by atoms with Crippen molar-refractivity contribution >= 4 is 18.0 Å². The van der Waals surface area contributed by atoms with Gasteiger partial charge < -0.3 is 10.4 Å². The van der Waals surface area contributed by atoms with Gasteiger partial charge in [-0.3, -0.25) is 9.48 Å². The summed E-state index contributed by atoms with van der Waals surface area (Å²) in [5, 5.41) is 15.6. The van der Waals surface area contributed by atoms with Crippen molar-refractivity contribution in [2.75, 3.05) is 0 Å². The number of carboxylic acids is 1. The van der Waals surface area contributed by atoms with E-state index in [0.717, 1.165) is 5.69 Å². The Labute approximate surface area is 121 Å².